The topological polar surface area (TPSA) is 83.1 Å². The third-order valence-electron chi connectivity index (χ3n) is 3.55. The molecule has 1 aromatic rings. The molecule has 7 nitrogen and oxygen atoms in total. The predicted molar refractivity (Wildman–Crippen MR) is 86.9 cm³/mol. The van der Waals surface area contributed by atoms with Gasteiger partial charge in [-0.25, -0.2) is 4.79 Å². The number of ether oxygens (including phenoxy) is 4. The molecule has 0 amide bonds. The number of rotatable bonds is 6. The van der Waals surface area contributed by atoms with Gasteiger partial charge in [-0.2, -0.15) is 0 Å². The largest absolute Gasteiger partial charge is 0.497 e. The monoisotopic (exact) mass is 337 g/mol. The summed E-state index contributed by atoms with van der Waals surface area (Å²) in [5.41, 5.74) is 0.648. The zero-order valence-corrected chi connectivity index (χ0v) is 14.3. The molecule has 0 unspecified atom stereocenters. The lowest BCUT2D eigenvalue weighted by molar-refractivity contribution is -0.260. The second kappa shape index (κ2) is 7.63. The molecule has 0 saturated carbocycles. The highest BCUT2D eigenvalue weighted by molar-refractivity contribution is 5.93. The highest BCUT2D eigenvalue weighted by Gasteiger charge is 2.43. The van der Waals surface area contributed by atoms with Gasteiger partial charge in [0, 0.05) is 5.69 Å². The number of carbonyl (C=O) groups excluding carboxylic acids is 2. The summed E-state index contributed by atoms with van der Waals surface area (Å²) < 4.78 is 21.2. The predicted octanol–water partition coefficient (Wildman–Crippen LogP) is 1.76. The smallest absolute Gasteiger partial charge is 0.331 e. The van der Waals surface area contributed by atoms with Gasteiger partial charge in [-0.1, -0.05) is 0 Å². The molecule has 0 spiro atoms. The second-order valence-corrected chi connectivity index (χ2v) is 5.80. The van der Waals surface area contributed by atoms with Gasteiger partial charge < -0.3 is 24.3 Å². The fourth-order valence-corrected chi connectivity index (χ4v) is 2.34. The molecule has 0 aliphatic carbocycles. The van der Waals surface area contributed by atoms with Crippen molar-refractivity contribution in [3.63, 3.8) is 0 Å². The van der Waals surface area contributed by atoms with E-state index in [2.05, 4.69) is 5.32 Å². The highest BCUT2D eigenvalue weighted by Crippen LogP contribution is 2.25. The van der Waals surface area contributed by atoms with Crippen molar-refractivity contribution in [2.75, 3.05) is 25.6 Å². The van der Waals surface area contributed by atoms with Crippen molar-refractivity contribution in [2.24, 2.45) is 0 Å². The van der Waals surface area contributed by atoms with E-state index in [0.717, 1.165) is 0 Å². The van der Waals surface area contributed by atoms with Gasteiger partial charge in [0.15, 0.2) is 23.7 Å². The van der Waals surface area contributed by atoms with Crippen LogP contribution in [0.4, 0.5) is 5.69 Å². The van der Waals surface area contributed by atoms with Gasteiger partial charge in [0.1, 0.15) is 12.4 Å². The minimum Gasteiger partial charge on any atom is -0.497 e. The van der Waals surface area contributed by atoms with Gasteiger partial charge in [0.25, 0.3) is 0 Å². The minimum absolute atomic E-state index is 0.113. The first kappa shape index (κ1) is 18.2. The number of benzene rings is 1. The molecule has 1 fully saturated rings. The average molecular weight is 337 g/mol. The standard InChI is InChI=1S/C17H23NO6/c1-5-22-16(20)14(15-13(19)10-23-17(2,3)24-15)18-11-6-8-12(21-4)9-7-11/h6-9,14-15,18H,5,10H2,1-4H3/t14-,15+/m0/s1. The molecule has 0 bridgehead atoms. The summed E-state index contributed by atoms with van der Waals surface area (Å²) in [5, 5.41) is 3.02. The molecular weight excluding hydrogens is 314 g/mol. The van der Waals surface area contributed by atoms with Crippen LogP contribution in [0.5, 0.6) is 5.75 Å². The van der Waals surface area contributed by atoms with E-state index in [1.807, 2.05) is 0 Å². The Bertz CT molecular complexity index is 583. The van der Waals surface area contributed by atoms with Crippen LogP contribution in [0.2, 0.25) is 0 Å². The Hall–Kier alpha value is -2.12. The SMILES string of the molecule is CCOC(=O)[C@@H](Nc1ccc(OC)cc1)[C@@H]1OC(C)(C)OCC1=O. The summed E-state index contributed by atoms with van der Waals surface area (Å²) >= 11 is 0. The van der Waals surface area contributed by atoms with E-state index < -0.39 is 23.9 Å². The zero-order chi connectivity index (χ0) is 17.7. The summed E-state index contributed by atoms with van der Waals surface area (Å²) in [7, 11) is 1.57. The first-order valence-corrected chi connectivity index (χ1v) is 7.78. The Labute approximate surface area is 141 Å². The van der Waals surface area contributed by atoms with Crippen molar-refractivity contribution in [3.8, 4) is 5.75 Å². The Morgan fingerprint density at radius 3 is 2.62 bits per heavy atom. The van der Waals surface area contributed by atoms with E-state index in [-0.39, 0.29) is 19.0 Å². The van der Waals surface area contributed by atoms with Crippen molar-refractivity contribution >= 4 is 17.4 Å². The molecule has 24 heavy (non-hydrogen) atoms. The van der Waals surface area contributed by atoms with E-state index in [0.29, 0.717) is 11.4 Å². The second-order valence-electron chi connectivity index (χ2n) is 5.80. The zero-order valence-electron chi connectivity index (χ0n) is 14.3. The number of Topliss-reactive ketones (excluding diaryl/α,β-unsaturated/α-hetero) is 1. The van der Waals surface area contributed by atoms with E-state index >= 15 is 0 Å². The molecule has 7 heteroatoms. The number of hydrogen-bond acceptors (Lipinski definition) is 7. The van der Waals surface area contributed by atoms with E-state index in [9.17, 15) is 9.59 Å². The first-order chi connectivity index (χ1) is 11.4. The average Bonchev–Trinajstić information content (AvgIpc) is 2.56. The Morgan fingerprint density at radius 2 is 2.04 bits per heavy atom. The third-order valence-corrected chi connectivity index (χ3v) is 3.55. The quantitative estimate of drug-likeness (QED) is 0.792. The number of hydrogen-bond donors (Lipinski definition) is 1. The maximum atomic E-state index is 12.3. The van der Waals surface area contributed by atoms with Gasteiger partial charge >= 0.3 is 5.97 Å². The molecular formula is C17H23NO6. The van der Waals surface area contributed by atoms with Crippen LogP contribution < -0.4 is 10.1 Å². The first-order valence-electron chi connectivity index (χ1n) is 7.78. The van der Waals surface area contributed by atoms with Gasteiger partial charge in [-0.15, -0.1) is 0 Å². The van der Waals surface area contributed by atoms with Gasteiger partial charge in [-0.05, 0) is 45.0 Å². The van der Waals surface area contributed by atoms with Crippen LogP contribution in [0.3, 0.4) is 0 Å². The lowest BCUT2D eigenvalue weighted by Crippen LogP contribution is -2.56. The lowest BCUT2D eigenvalue weighted by Gasteiger charge is -2.37. The lowest BCUT2D eigenvalue weighted by atomic mass is 10.0. The Balaban J connectivity index is 2.23. The third kappa shape index (κ3) is 4.46. The molecule has 2 atom stereocenters. The van der Waals surface area contributed by atoms with Crippen LogP contribution in [0.25, 0.3) is 0 Å². The van der Waals surface area contributed by atoms with Crippen LogP contribution in [-0.2, 0) is 23.8 Å². The molecule has 1 heterocycles. The summed E-state index contributed by atoms with van der Waals surface area (Å²) in [4.78, 5) is 24.5. The molecule has 1 N–H and O–H groups in total. The van der Waals surface area contributed by atoms with Gasteiger partial charge in [0.2, 0.25) is 0 Å². The number of methoxy groups -OCH3 is 1. The van der Waals surface area contributed by atoms with E-state index in [1.54, 1.807) is 52.1 Å². The summed E-state index contributed by atoms with van der Waals surface area (Å²) in [6.07, 6.45) is -0.991. The summed E-state index contributed by atoms with van der Waals surface area (Å²) in [5.74, 6) is -1.13. The number of ketones is 1. The van der Waals surface area contributed by atoms with E-state index in [4.69, 9.17) is 18.9 Å². The molecule has 132 valence electrons. The molecule has 1 aliphatic rings. The Morgan fingerprint density at radius 1 is 1.38 bits per heavy atom. The van der Waals surface area contributed by atoms with Crippen molar-refractivity contribution in [2.45, 2.75) is 38.7 Å². The van der Waals surface area contributed by atoms with Crippen LogP contribution >= 0.6 is 0 Å². The molecule has 0 radical (unpaired) electrons. The van der Waals surface area contributed by atoms with Gasteiger partial charge in [-0.3, -0.25) is 4.79 Å². The number of anilines is 1. The van der Waals surface area contributed by atoms with E-state index in [1.165, 1.54) is 0 Å². The number of esters is 1. The molecule has 1 saturated heterocycles. The summed E-state index contributed by atoms with van der Waals surface area (Å²) in [6, 6.07) is 6.04. The normalized spacial score (nSPS) is 21.0. The minimum atomic E-state index is -0.991. The van der Waals surface area contributed by atoms with Gasteiger partial charge in [0.05, 0.1) is 13.7 Å². The molecule has 1 aliphatic heterocycles. The van der Waals surface area contributed by atoms with Crippen LogP contribution in [0, 0.1) is 0 Å². The maximum Gasteiger partial charge on any atom is 0.331 e. The van der Waals surface area contributed by atoms with Crippen LogP contribution in [0.1, 0.15) is 20.8 Å². The van der Waals surface area contributed by atoms with Crippen molar-refractivity contribution in [3.05, 3.63) is 24.3 Å². The fraction of sp³-hybridized carbons (Fsp3) is 0.529. The number of nitrogens with one attached hydrogen (secondary N) is 1. The van der Waals surface area contributed by atoms with Crippen LogP contribution in [-0.4, -0.2) is 50.0 Å². The summed E-state index contributed by atoms with van der Waals surface area (Å²) in [6.45, 7) is 5.20. The maximum absolute atomic E-state index is 12.3. The van der Waals surface area contributed by atoms with Crippen LogP contribution in [0.15, 0.2) is 24.3 Å². The Kier molecular flexibility index (Phi) is 5.80. The highest BCUT2D eigenvalue weighted by atomic mass is 16.7. The number of carbonyl (C=O) groups is 2. The molecule has 1 aromatic carbocycles. The fourth-order valence-electron chi connectivity index (χ4n) is 2.34. The van der Waals surface area contributed by atoms with Crippen molar-refractivity contribution < 1.29 is 28.5 Å². The van der Waals surface area contributed by atoms with Crippen molar-refractivity contribution in [1.82, 2.24) is 0 Å². The van der Waals surface area contributed by atoms with Crippen molar-refractivity contribution in [1.29, 1.82) is 0 Å². The molecule has 2 rings (SSSR count). The molecule has 0 aromatic heterocycles.